The van der Waals surface area contributed by atoms with Gasteiger partial charge in [-0.05, 0) is 36.9 Å². The van der Waals surface area contributed by atoms with Crippen LogP contribution in [0.4, 0.5) is 5.82 Å². The Kier molecular flexibility index (Phi) is 3.66. The molecule has 1 N–H and O–H groups in total. The first kappa shape index (κ1) is 13.4. The first-order valence-corrected chi connectivity index (χ1v) is 7.58. The standard InChI is InChI=1S/C16H24N4/c1-4-17-10-14-16(19(3)11-13-9-12(13)2)18-15-7-5-6-8-20(14)15/h5-8,12-13,17H,4,9-11H2,1-3H3. The van der Waals surface area contributed by atoms with Gasteiger partial charge in [0.1, 0.15) is 5.65 Å². The first-order valence-electron chi connectivity index (χ1n) is 7.58. The minimum absolute atomic E-state index is 0.844. The second-order valence-electron chi connectivity index (χ2n) is 5.94. The molecule has 20 heavy (non-hydrogen) atoms. The Labute approximate surface area is 120 Å². The van der Waals surface area contributed by atoms with Crippen LogP contribution in [-0.2, 0) is 6.54 Å². The molecular formula is C16H24N4. The third-order valence-electron chi connectivity index (χ3n) is 4.30. The fourth-order valence-electron chi connectivity index (χ4n) is 2.84. The zero-order valence-corrected chi connectivity index (χ0v) is 12.6. The van der Waals surface area contributed by atoms with Gasteiger partial charge in [-0.3, -0.25) is 0 Å². The molecule has 2 heterocycles. The van der Waals surface area contributed by atoms with Gasteiger partial charge in [0.05, 0.1) is 5.69 Å². The van der Waals surface area contributed by atoms with Gasteiger partial charge in [-0.25, -0.2) is 4.98 Å². The third-order valence-corrected chi connectivity index (χ3v) is 4.30. The van der Waals surface area contributed by atoms with E-state index in [0.29, 0.717) is 0 Å². The van der Waals surface area contributed by atoms with Crippen molar-refractivity contribution < 1.29 is 0 Å². The molecule has 0 bridgehead atoms. The summed E-state index contributed by atoms with van der Waals surface area (Å²) in [5.74, 6) is 2.85. The smallest absolute Gasteiger partial charge is 0.152 e. The monoisotopic (exact) mass is 272 g/mol. The van der Waals surface area contributed by atoms with Gasteiger partial charge in [0.2, 0.25) is 0 Å². The number of pyridine rings is 1. The highest BCUT2D eigenvalue weighted by molar-refractivity contribution is 5.55. The van der Waals surface area contributed by atoms with E-state index in [4.69, 9.17) is 4.98 Å². The van der Waals surface area contributed by atoms with E-state index < -0.39 is 0 Å². The highest BCUT2D eigenvalue weighted by atomic mass is 15.2. The van der Waals surface area contributed by atoms with Crippen LogP contribution in [0.3, 0.4) is 0 Å². The lowest BCUT2D eigenvalue weighted by molar-refractivity contribution is 0.688. The van der Waals surface area contributed by atoms with Crippen molar-refractivity contribution in [3.8, 4) is 0 Å². The number of fused-ring (bicyclic) bond motifs is 1. The average molecular weight is 272 g/mol. The van der Waals surface area contributed by atoms with Crippen LogP contribution >= 0.6 is 0 Å². The van der Waals surface area contributed by atoms with Crippen molar-refractivity contribution >= 4 is 11.5 Å². The molecule has 0 saturated heterocycles. The highest BCUT2D eigenvalue weighted by Crippen LogP contribution is 2.39. The molecule has 0 aliphatic heterocycles. The van der Waals surface area contributed by atoms with Crippen LogP contribution in [0.5, 0.6) is 0 Å². The number of rotatable bonds is 6. The van der Waals surface area contributed by atoms with Crippen LogP contribution in [0, 0.1) is 11.8 Å². The Morgan fingerprint density at radius 1 is 1.45 bits per heavy atom. The van der Waals surface area contributed by atoms with E-state index in [2.05, 4.69) is 53.8 Å². The van der Waals surface area contributed by atoms with E-state index in [1.165, 1.54) is 12.1 Å². The Morgan fingerprint density at radius 2 is 2.25 bits per heavy atom. The molecule has 1 aliphatic rings. The van der Waals surface area contributed by atoms with Crippen molar-refractivity contribution in [2.75, 3.05) is 25.0 Å². The number of anilines is 1. The molecule has 0 aromatic carbocycles. The number of nitrogens with one attached hydrogen (secondary N) is 1. The van der Waals surface area contributed by atoms with Crippen LogP contribution in [0.2, 0.25) is 0 Å². The number of nitrogens with zero attached hydrogens (tertiary/aromatic N) is 3. The van der Waals surface area contributed by atoms with Crippen molar-refractivity contribution in [3.05, 3.63) is 30.1 Å². The number of imidazole rings is 1. The maximum atomic E-state index is 4.82. The predicted octanol–water partition coefficient (Wildman–Crippen LogP) is 2.54. The van der Waals surface area contributed by atoms with Gasteiger partial charge >= 0.3 is 0 Å². The molecule has 1 saturated carbocycles. The Morgan fingerprint density at radius 3 is 2.95 bits per heavy atom. The molecule has 3 rings (SSSR count). The summed E-state index contributed by atoms with van der Waals surface area (Å²) in [5.41, 5.74) is 2.30. The summed E-state index contributed by atoms with van der Waals surface area (Å²) in [7, 11) is 2.17. The van der Waals surface area contributed by atoms with E-state index in [1.54, 1.807) is 0 Å². The lowest BCUT2D eigenvalue weighted by Gasteiger charge is -2.18. The molecule has 108 valence electrons. The molecule has 4 nitrogen and oxygen atoms in total. The second kappa shape index (κ2) is 5.44. The van der Waals surface area contributed by atoms with Gasteiger partial charge in [-0.15, -0.1) is 0 Å². The molecule has 2 aromatic heterocycles. The highest BCUT2D eigenvalue weighted by Gasteiger charge is 2.34. The van der Waals surface area contributed by atoms with Crippen LogP contribution in [0.15, 0.2) is 24.4 Å². The van der Waals surface area contributed by atoms with E-state index >= 15 is 0 Å². The molecule has 2 aromatic rings. The van der Waals surface area contributed by atoms with Crippen LogP contribution in [0.1, 0.15) is 26.0 Å². The SMILES string of the molecule is CCNCc1c(N(C)CC2CC2C)nc2ccccn12. The topological polar surface area (TPSA) is 32.6 Å². The van der Waals surface area contributed by atoms with Gasteiger partial charge in [-0.2, -0.15) is 0 Å². The van der Waals surface area contributed by atoms with Crippen molar-refractivity contribution in [1.29, 1.82) is 0 Å². The summed E-state index contributed by atoms with van der Waals surface area (Å²) in [4.78, 5) is 7.15. The summed E-state index contributed by atoms with van der Waals surface area (Å²) in [5, 5.41) is 3.43. The fourth-order valence-corrected chi connectivity index (χ4v) is 2.84. The quantitative estimate of drug-likeness (QED) is 0.877. The van der Waals surface area contributed by atoms with Gasteiger partial charge in [0.15, 0.2) is 5.82 Å². The molecule has 0 spiro atoms. The van der Waals surface area contributed by atoms with Gasteiger partial charge in [-0.1, -0.05) is 19.9 Å². The largest absolute Gasteiger partial charge is 0.358 e. The Hall–Kier alpha value is -1.55. The molecule has 2 unspecified atom stereocenters. The van der Waals surface area contributed by atoms with E-state index in [1.807, 2.05) is 6.07 Å². The molecule has 0 amide bonds. The second-order valence-corrected chi connectivity index (χ2v) is 5.94. The van der Waals surface area contributed by atoms with Crippen LogP contribution in [-0.4, -0.2) is 29.5 Å². The molecular weight excluding hydrogens is 248 g/mol. The number of hydrogen-bond acceptors (Lipinski definition) is 3. The Balaban J connectivity index is 1.90. The maximum absolute atomic E-state index is 4.82. The Bertz CT molecular complexity index is 589. The first-order chi connectivity index (χ1) is 9.70. The minimum Gasteiger partial charge on any atom is -0.358 e. The normalized spacial score (nSPS) is 21.4. The number of hydrogen-bond donors (Lipinski definition) is 1. The molecule has 2 atom stereocenters. The van der Waals surface area contributed by atoms with E-state index in [-0.39, 0.29) is 0 Å². The van der Waals surface area contributed by atoms with Crippen LogP contribution < -0.4 is 10.2 Å². The predicted molar refractivity (Wildman–Crippen MR) is 83.1 cm³/mol. The lowest BCUT2D eigenvalue weighted by Crippen LogP contribution is -2.24. The zero-order valence-electron chi connectivity index (χ0n) is 12.6. The maximum Gasteiger partial charge on any atom is 0.152 e. The molecule has 0 radical (unpaired) electrons. The van der Waals surface area contributed by atoms with E-state index in [0.717, 1.165) is 42.9 Å². The summed E-state index contributed by atoms with van der Waals surface area (Å²) < 4.78 is 2.20. The van der Waals surface area contributed by atoms with Gasteiger partial charge < -0.3 is 14.6 Å². The number of aromatic nitrogens is 2. The lowest BCUT2D eigenvalue weighted by atomic mass is 10.3. The molecule has 4 heteroatoms. The van der Waals surface area contributed by atoms with Crippen molar-refractivity contribution in [1.82, 2.24) is 14.7 Å². The van der Waals surface area contributed by atoms with Crippen molar-refractivity contribution in [3.63, 3.8) is 0 Å². The van der Waals surface area contributed by atoms with Crippen molar-refractivity contribution in [2.45, 2.75) is 26.8 Å². The zero-order chi connectivity index (χ0) is 14.1. The van der Waals surface area contributed by atoms with Gasteiger partial charge in [0.25, 0.3) is 0 Å². The van der Waals surface area contributed by atoms with Gasteiger partial charge in [0, 0.05) is 26.3 Å². The fraction of sp³-hybridized carbons (Fsp3) is 0.562. The summed E-state index contributed by atoms with van der Waals surface area (Å²) >= 11 is 0. The summed E-state index contributed by atoms with van der Waals surface area (Å²) in [6, 6.07) is 6.19. The molecule has 1 aliphatic carbocycles. The minimum atomic E-state index is 0.844. The summed E-state index contributed by atoms with van der Waals surface area (Å²) in [6.07, 6.45) is 3.46. The molecule has 1 fully saturated rings. The van der Waals surface area contributed by atoms with Crippen LogP contribution in [0.25, 0.3) is 5.65 Å². The van der Waals surface area contributed by atoms with Crippen molar-refractivity contribution in [2.24, 2.45) is 11.8 Å². The summed E-state index contributed by atoms with van der Waals surface area (Å²) in [6.45, 7) is 7.43. The third kappa shape index (κ3) is 2.52. The van der Waals surface area contributed by atoms with E-state index in [9.17, 15) is 0 Å². The average Bonchev–Trinajstić information content (AvgIpc) is 3.01.